The smallest absolute Gasteiger partial charge is 0.0446 e. The second kappa shape index (κ2) is 6.73. The van der Waals surface area contributed by atoms with Crippen molar-refractivity contribution in [3.63, 3.8) is 0 Å². The van der Waals surface area contributed by atoms with Crippen LogP contribution in [-0.4, -0.2) is 31.6 Å². The van der Waals surface area contributed by atoms with Gasteiger partial charge in [-0.25, -0.2) is 0 Å². The minimum Gasteiger partial charge on any atom is -0.312 e. The lowest BCUT2D eigenvalue weighted by molar-refractivity contribution is 0.128. The van der Waals surface area contributed by atoms with Gasteiger partial charge in [-0.05, 0) is 62.4 Å². The summed E-state index contributed by atoms with van der Waals surface area (Å²) in [5.41, 5.74) is 4.19. The summed E-state index contributed by atoms with van der Waals surface area (Å²) in [5, 5.41) is 3.50. The van der Waals surface area contributed by atoms with Gasteiger partial charge in [-0.2, -0.15) is 0 Å². The molecule has 1 heterocycles. The molecule has 0 bridgehead atoms. The molecular formula is C18H30N2. The molecule has 1 N–H and O–H groups in total. The Morgan fingerprint density at radius 1 is 1.20 bits per heavy atom. The summed E-state index contributed by atoms with van der Waals surface area (Å²) < 4.78 is 0. The summed E-state index contributed by atoms with van der Waals surface area (Å²) in [6, 6.07) is 7.30. The fourth-order valence-electron chi connectivity index (χ4n) is 3.12. The zero-order valence-electron chi connectivity index (χ0n) is 13.7. The molecular weight excluding hydrogens is 244 g/mol. The molecule has 2 heteroatoms. The molecule has 1 saturated heterocycles. The number of hydrogen-bond acceptors (Lipinski definition) is 2. The highest BCUT2D eigenvalue weighted by molar-refractivity contribution is 5.31. The van der Waals surface area contributed by atoms with E-state index < -0.39 is 0 Å². The second-order valence-electron chi connectivity index (χ2n) is 6.69. The summed E-state index contributed by atoms with van der Waals surface area (Å²) in [7, 11) is 2.08. The molecule has 0 aliphatic carbocycles. The van der Waals surface area contributed by atoms with Gasteiger partial charge in [0.1, 0.15) is 0 Å². The van der Waals surface area contributed by atoms with Crippen molar-refractivity contribution in [2.45, 2.75) is 40.2 Å². The van der Waals surface area contributed by atoms with Crippen molar-refractivity contribution in [3.8, 4) is 0 Å². The van der Waals surface area contributed by atoms with Gasteiger partial charge in [0, 0.05) is 19.1 Å². The van der Waals surface area contributed by atoms with Crippen molar-refractivity contribution in [3.05, 3.63) is 34.9 Å². The molecule has 1 aliphatic heterocycles. The number of hydrogen-bond donors (Lipinski definition) is 1. The summed E-state index contributed by atoms with van der Waals surface area (Å²) in [6.45, 7) is 12.8. The van der Waals surface area contributed by atoms with Crippen LogP contribution in [0.3, 0.4) is 0 Å². The summed E-state index contributed by atoms with van der Waals surface area (Å²) in [4.78, 5) is 2.63. The fourth-order valence-corrected chi connectivity index (χ4v) is 3.12. The van der Waals surface area contributed by atoms with Gasteiger partial charge < -0.3 is 10.2 Å². The Kier molecular flexibility index (Phi) is 5.22. The van der Waals surface area contributed by atoms with E-state index in [2.05, 4.69) is 63.2 Å². The van der Waals surface area contributed by atoms with Crippen LogP contribution in [0.25, 0.3) is 0 Å². The van der Waals surface area contributed by atoms with Crippen molar-refractivity contribution in [2.75, 3.05) is 26.7 Å². The molecule has 1 aromatic carbocycles. The molecule has 2 nitrogen and oxygen atoms in total. The number of piperidine rings is 1. The van der Waals surface area contributed by atoms with Crippen LogP contribution in [0.5, 0.6) is 0 Å². The maximum absolute atomic E-state index is 3.50. The van der Waals surface area contributed by atoms with Gasteiger partial charge in [-0.15, -0.1) is 0 Å². The van der Waals surface area contributed by atoms with E-state index in [0.717, 1.165) is 18.4 Å². The Balaban J connectivity index is 2.03. The third kappa shape index (κ3) is 3.62. The number of nitrogens with one attached hydrogen (secondary N) is 1. The monoisotopic (exact) mass is 274 g/mol. The van der Waals surface area contributed by atoms with Crippen molar-refractivity contribution < 1.29 is 0 Å². The van der Waals surface area contributed by atoms with Gasteiger partial charge in [-0.3, -0.25) is 0 Å². The number of benzene rings is 1. The van der Waals surface area contributed by atoms with Gasteiger partial charge in [0.05, 0.1) is 0 Å². The Bertz CT molecular complexity index is 441. The minimum absolute atomic E-state index is 0.440. The number of likely N-dealkylation sites (N-methyl/N-ethyl adjacent to an activating group) is 1. The molecule has 2 rings (SSSR count). The first-order valence-corrected chi connectivity index (χ1v) is 7.98. The lowest BCUT2D eigenvalue weighted by Crippen LogP contribution is -2.42. The van der Waals surface area contributed by atoms with Crippen molar-refractivity contribution in [2.24, 2.45) is 11.8 Å². The topological polar surface area (TPSA) is 15.3 Å². The molecule has 112 valence electrons. The van der Waals surface area contributed by atoms with E-state index in [9.17, 15) is 0 Å². The highest BCUT2D eigenvalue weighted by Crippen LogP contribution is 2.25. The van der Waals surface area contributed by atoms with Crippen LogP contribution in [-0.2, 0) is 0 Å². The fraction of sp³-hybridized carbons (Fsp3) is 0.667. The number of nitrogens with zero attached hydrogens (tertiary/aromatic N) is 1. The van der Waals surface area contributed by atoms with Gasteiger partial charge in [0.25, 0.3) is 0 Å². The Hall–Kier alpha value is -0.860. The van der Waals surface area contributed by atoms with E-state index >= 15 is 0 Å². The molecule has 0 radical (unpaired) electrons. The molecule has 1 fully saturated rings. The Morgan fingerprint density at radius 3 is 2.55 bits per heavy atom. The summed E-state index contributed by atoms with van der Waals surface area (Å²) in [6.07, 6.45) is 1.34. The van der Waals surface area contributed by atoms with Crippen molar-refractivity contribution >= 4 is 0 Å². The molecule has 0 aromatic heterocycles. The summed E-state index contributed by atoms with van der Waals surface area (Å²) in [5.74, 6) is 1.70. The first-order valence-electron chi connectivity index (χ1n) is 7.98. The van der Waals surface area contributed by atoms with Crippen molar-refractivity contribution in [1.29, 1.82) is 0 Å². The zero-order valence-corrected chi connectivity index (χ0v) is 13.7. The third-order valence-corrected chi connectivity index (χ3v) is 5.14. The molecule has 3 atom stereocenters. The Morgan fingerprint density at radius 2 is 1.95 bits per heavy atom. The first-order chi connectivity index (χ1) is 9.51. The molecule has 3 unspecified atom stereocenters. The Labute approximate surface area is 124 Å². The van der Waals surface area contributed by atoms with Crippen molar-refractivity contribution in [1.82, 2.24) is 10.2 Å². The number of aryl methyl sites for hydroxylation is 2. The minimum atomic E-state index is 0.440. The zero-order chi connectivity index (χ0) is 14.7. The average molecular weight is 274 g/mol. The van der Waals surface area contributed by atoms with Crippen LogP contribution in [0, 0.1) is 25.7 Å². The average Bonchev–Trinajstić information content (AvgIpc) is 2.43. The normalized spacial score (nSPS) is 25.6. The number of rotatable bonds is 4. The second-order valence-corrected chi connectivity index (χ2v) is 6.69. The molecule has 1 aromatic rings. The van der Waals surface area contributed by atoms with Crippen LogP contribution in [0.2, 0.25) is 0 Å². The number of likely N-dealkylation sites (tertiary alicyclic amines) is 1. The lowest BCUT2D eigenvalue weighted by Gasteiger charge is -2.37. The lowest BCUT2D eigenvalue weighted by atomic mass is 9.88. The van der Waals surface area contributed by atoms with Crippen LogP contribution in [0.15, 0.2) is 18.2 Å². The van der Waals surface area contributed by atoms with E-state index in [4.69, 9.17) is 0 Å². The van der Waals surface area contributed by atoms with Gasteiger partial charge in [0.15, 0.2) is 0 Å². The maximum atomic E-state index is 3.50. The van der Waals surface area contributed by atoms with Crippen LogP contribution in [0.4, 0.5) is 0 Å². The van der Waals surface area contributed by atoms with Crippen LogP contribution < -0.4 is 5.32 Å². The van der Waals surface area contributed by atoms with Gasteiger partial charge in [-0.1, -0.05) is 32.0 Å². The largest absolute Gasteiger partial charge is 0.312 e. The van der Waals surface area contributed by atoms with E-state index in [0.29, 0.717) is 6.04 Å². The van der Waals surface area contributed by atoms with E-state index in [1.54, 1.807) is 0 Å². The molecule has 1 aliphatic rings. The maximum Gasteiger partial charge on any atom is 0.0446 e. The summed E-state index contributed by atoms with van der Waals surface area (Å²) >= 11 is 0. The van der Waals surface area contributed by atoms with E-state index in [-0.39, 0.29) is 0 Å². The SMILES string of the molecule is CNC(CN1CCC(C)C(C)C1)c1ccc(C)c(C)c1. The van der Waals surface area contributed by atoms with E-state index in [1.165, 1.54) is 36.2 Å². The standard InChI is InChI=1S/C18H30N2/c1-13-6-7-17(10-15(13)3)18(19-5)12-20-9-8-14(2)16(4)11-20/h6-7,10,14,16,18-19H,8-9,11-12H2,1-5H3. The third-order valence-electron chi connectivity index (χ3n) is 5.14. The predicted octanol–water partition coefficient (Wildman–Crippen LogP) is 3.54. The van der Waals surface area contributed by atoms with Crippen LogP contribution >= 0.6 is 0 Å². The van der Waals surface area contributed by atoms with Gasteiger partial charge in [0.2, 0.25) is 0 Å². The first kappa shape index (κ1) is 15.5. The predicted molar refractivity (Wildman–Crippen MR) is 87.1 cm³/mol. The molecule has 20 heavy (non-hydrogen) atoms. The highest BCUT2D eigenvalue weighted by atomic mass is 15.2. The molecule has 0 spiro atoms. The van der Waals surface area contributed by atoms with E-state index in [1.807, 2.05) is 0 Å². The molecule has 0 saturated carbocycles. The molecule has 0 amide bonds. The van der Waals surface area contributed by atoms with Gasteiger partial charge >= 0.3 is 0 Å². The highest BCUT2D eigenvalue weighted by Gasteiger charge is 2.24. The van der Waals surface area contributed by atoms with Crippen LogP contribution in [0.1, 0.15) is 43.0 Å². The quantitative estimate of drug-likeness (QED) is 0.903.